The minimum atomic E-state index is -0.0162. The van der Waals surface area contributed by atoms with Crippen LogP contribution in [0.2, 0.25) is 0 Å². The van der Waals surface area contributed by atoms with Crippen LogP contribution in [0.15, 0.2) is 24.7 Å². The van der Waals surface area contributed by atoms with Crippen LogP contribution in [0.4, 0.5) is 11.6 Å². The van der Waals surface area contributed by atoms with E-state index >= 15 is 0 Å². The van der Waals surface area contributed by atoms with E-state index in [1.54, 1.807) is 25.7 Å². The molecule has 0 aromatic carbocycles. The van der Waals surface area contributed by atoms with Crippen molar-refractivity contribution in [3.63, 3.8) is 0 Å². The quantitative estimate of drug-likeness (QED) is 0.784. The predicted molar refractivity (Wildman–Crippen MR) is 98.4 cm³/mol. The van der Waals surface area contributed by atoms with Gasteiger partial charge < -0.3 is 15.0 Å². The highest BCUT2D eigenvalue weighted by Crippen LogP contribution is 2.16. The van der Waals surface area contributed by atoms with E-state index in [1.165, 1.54) is 0 Å². The number of methoxy groups -OCH3 is 1. The van der Waals surface area contributed by atoms with Crippen LogP contribution in [0, 0.1) is 0 Å². The minimum absolute atomic E-state index is 0.0162. The maximum absolute atomic E-state index is 12.3. The van der Waals surface area contributed by atoms with Crippen molar-refractivity contribution >= 4 is 17.5 Å². The SMILES string of the molecule is CCCn1nccc1NC(=O)CN1CCN(c2cncc(OC)n2)CC1. The summed E-state index contributed by atoms with van der Waals surface area (Å²) in [6.07, 6.45) is 6.01. The van der Waals surface area contributed by atoms with Gasteiger partial charge in [0.15, 0.2) is 5.82 Å². The van der Waals surface area contributed by atoms with Gasteiger partial charge in [-0.1, -0.05) is 6.92 Å². The van der Waals surface area contributed by atoms with Gasteiger partial charge in [-0.15, -0.1) is 0 Å². The molecule has 9 heteroatoms. The molecule has 1 fully saturated rings. The number of anilines is 2. The Hall–Kier alpha value is -2.68. The lowest BCUT2D eigenvalue weighted by atomic mass is 10.3. The molecule has 0 bridgehead atoms. The second-order valence-corrected chi connectivity index (χ2v) is 6.17. The number of piperazine rings is 1. The largest absolute Gasteiger partial charge is 0.480 e. The van der Waals surface area contributed by atoms with Crippen molar-refractivity contribution < 1.29 is 9.53 Å². The molecule has 0 spiro atoms. The number of hydrogen-bond acceptors (Lipinski definition) is 7. The Morgan fingerprint density at radius 1 is 1.27 bits per heavy atom. The Kier molecular flexibility index (Phi) is 6.00. The second kappa shape index (κ2) is 8.61. The molecule has 2 aromatic rings. The summed E-state index contributed by atoms with van der Waals surface area (Å²) >= 11 is 0. The first-order valence-corrected chi connectivity index (χ1v) is 8.84. The number of ether oxygens (including phenoxy) is 1. The lowest BCUT2D eigenvalue weighted by molar-refractivity contribution is -0.117. The Morgan fingerprint density at radius 3 is 2.81 bits per heavy atom. The highest BCUT2D eigenvalue weighted by atomic mass is 16.5. The number of amides is 1. The molecular weight excluding hydrogens is 334 g/mol. The molecule has 0 radical (unpaired) electrons. The van der Waals surface area contributed by atoms with Gasteiger partial charge in [-0.25, -0.2) is 4.68 Å². The molecule has 1 N–H and O–H groups in total. The molecule has 0 saturated carbocycles. The Labute approximate surface area is 153 Å². The van der Waals surface area contributed by atoms with Gasteiger partial charge in [-0.05, 0) is 6.42 Å². The predicted octanol–water partition coefficient (Wildman–Crippen LogP) is 0.852. The molecule has 9 nitrogen and oxygen atoms in total. The van der Waals surface area contributed by atoms with E-state index in [0.29, 0.717) is 12.4 Å². The summed E-state index contributed by atoms with van der Waals surface area (Å²) in [5, 5.41) is 7.17. The standard InChI is InChI=1S/C17H25N7O2/c1-3-6-24-14(4-5-19-24)20-16(25)13-22-7-9-23(10-8-22)15-11-18-12-17(21-15)26-2/h4-5,11-12H,3,6-10,13H2,1-2H3,(H,20,25). The van der Waals surface area contributed by atoms with E-state index in [1.807, 2.05) is 10.7 Å². The highest BCUT2D eigenvalue weighted by molar-refractivity contribution is 5.91. The van der Waals surface area contributed by atoms with Gasteiger partial charge in [0, 0.05) is 38.8 Å². The first-order chi connectivity index (χ1) is 12.7. The van der Waals surface area contributed by atoms with Crippen LogP contribution < -0.4 is 15.0 Å². The zero-order valence-corrected chi connectivity index (χ0v) is 15.3. The smallest absolute Gasteiger partial charge is 0.239 e. The first-order valence-electron chi connectivity index (χ1n) is 8.84. The molecule has 26 heavy (non-hydrogen) atoms. The topological polar surface area (TPSA) is 88.4 Å². The Balaban J connectivity index is 1.49. The number of carbonyl (C=O) groups excluding carboxylic acids is 1. The molecule has 0 atom stereocenters. The summed E-state index contributed by atoms with van der Waals surface area (Å²) in [4.78, 5) is 25.2. The summed E-state index contributed by atoms with van der Waals surface area (Å²) in [6.45, 7) is 6.42. The average Bonchev–Trinajstić information content (AvgIpc) is 3.09. The number of aromatic nitrogens is 4. The molecule has 1 amide bonds. The van der Waals surface area contributed by atoms with E-state index in [2.05, 4.69) is 37.1 Å². The number of nitrogens with one attached hydrogen (secondary N) is 1. The molecule has 1 aliphatic heterocycles. The monoisotopic (exact) mass is 359 g/mol. The lowest BCUT2D eigenvalue weighted by Crippen LogP contribution is -2.49. The summed E-state index contributed by atoms with van der Waals surface area (Å²) in [5.74, 6) is 2.05. The van der Waals surface area contributed by atoms with Crippen LogP contribution in [0.5, 0.6) is 5.88 Å². The third-order valence-electron chi connectivity index (χ3n) is 4.29. The van der Waals surface area contributed by atoms with Crippen molar-refractivity contribution in [3.05, 3.63) is 24.7 Å². The van der Waals surface area contributed by atoms with Crippen molar-refractivity contribution in [2.45, 2.75) is 19.9 Å². The molecular formula is C17H25N7O2. The number of nitrogens with zero attached hydrogens (tertiary/aromatic N) is 6. The van der Waals surface area contributed by atoms with Crippen LogP contribution in [0.25, 0.3) is 0 Å². The van der Waals surface area contributed by atoms with E-state index < -0.39 is 0 Å². The third kappa shape index (κ3) is 4.48. The number of carbonyl (C=O) groups is 1. The highest BCUT2D eigenvalue weighted by Gasteiger charge is 2.21. The van der Waals surface area contributed by atoms with E-state index in [4.69, 9.17) is 4.74 Å². The van der Waals surface area contributed by atoms with Gasteiger partial charge in [-0.3, -0.25) is 14.7 Å². The van der Waals surface area contributed by atoms with Crippen LogP contribution in [-0.2, 0) is 11.3 Å². The van der Waals surface area contributed by atoms with Crippen LogP contribution >= 0.6 is 0 Å². The van der Waals surface area contributed by atoms with Gasteiger partial charge >= 0.3 is 0 Å². The van der Waals surface area contributed by atoms with Crippen LogP contribution in [-0.4, -0.2) is 70.4 Å². The molecule has 3 heterocycles. The zero-order valence-electron chi connectivity index (χ0n) is 15.3. The molecule has 0 unspecified atom stereocenters. The fraction of sp³-hybridized carbons (Fsp3) is 0.529. The normalized spacial score (nSPS) is 15.1. The molecule has 2 aromatic heterocycles. The number of rotatable bonds is 7. The number of aryl methyl sites for hydroxylation is 1. The summed E-state index contributed by atoms with van der Waals surface area (Å²) in [7, 11) is 1.58. The van der Waals surface area contributed by atoms with Crippen molar-refractivity contribution in [1.82, 2.24) is 24.6 Å². The third-order valence-corrected chi connectivity index (χ3v) is 4.29. The molecule has 140 valence electrons. The summed E-state index contributed by atoms with van der Waals surface area (Å²) in [5.41, 5.74) is 0. The Bertz CT molecular complexity index is 725. The molecule has 1 aliphatic rings. The van der Waals surface area contributed by atoms with Crippen molar-refractivity contribution in [2.75, 3.05) is 50.1 Å². The van der Waals surface area contributed by atoms with Gasteiger partial charge in [0.2, 0.25) is 11.8 Å². The molecule has 3 rings (SSSR count). The van der Waals surface area contributed by atoms with E-state index in [0.717, 1.165) is 50.8 Å². The summed E-state index contributed by atoms with van der Waals surface area (Å²) in [6, 6.07) is 1.83. The molecule has 1 saturated heterocycles. The zero-order chi connectivity index (χ0) is 18.4. The van der Waals surface area contributed by atoms with Crippen LogP contribution in [0.1, 0.15) is 13.3 Å². The fourth-order valence-electron chi connectivity index (χ4n) is 2.94. The Morgan fingerprint density at radius 2 is 2.08 bits per heavy atom. The summed E-state index contributed by atoms with van der Waals surface area (Å²) < 4.78 is 6.94. The minimum Gasteiger partial charge on any atom is -0.480 e. The van der Waals surface area contributed by atoms with Gasteiger partial charge in [-0.2, -0.15) is 10.1 Å². The maximum atomic E-state index is 12.3. The number of hydrogen-bond donors (Lipinski definition) is 1. The fourth-order valence-corrected chi connectivity index (χ4v) is 2.94. The first kappa shape index (κ1) is 18.1. The van der Waals surface area contributed by atoms with Crippen molar-refractivity contribution in [2.24, 2.45) is 0 Å². The lowest BCUT2D eigenvalue weighted by Gasteiger charge is -2.34. The van der Waals surface area contributed by atoms with Gasteiger partial charge in [0.05, 0.1) is 32.2 Å². The average molecular weight is 359 g/mol. The van der Waals surface area contributed by atoms with Crippen molar-refractivity contribution in [1.29, 1.82) is 0 Å². The second-order valence-electron chi connectivity index (χ2n) is 6.17. The van der Waals surface area contributed by atoms with Gasteiger partial charge in [0.25, 0.3) is 0 Å². The van der Waals surface area contributed by atoms with Gasteiger partial charge in [0.1, 0.15) is 5.82 Å². The van der Waals surface area contributed by atoms with E-state index in [-0.39, 0.29) is 5.91 Å². The molecule has 0 aliphatic carbocycles. The maximum Gasteiger partial charge on any atom is 0.239 e. The van der Waals surface area contributed by atoms with Crippen molar-refractivity contribution in [3.8, 4) is 5.88 Å². The van der Waals surface area contributed by atoms with E-state index in [9.17, 15) is 4.79 Å². The van der Waals surface area contributed by atoms with Crippen LogP contribution in [0.3, 0.4) is 0 Å².